The largest absolute Gasteiger partial charge is 0.457 e. The molecule has 2 nitrogen and oxygen atoms in total. The predicted octanol–water partition coefficient (Wildman–Crippen LogP) is 4.37. The second kappa shape index (κ2) is 5.63. The van der Waals surface area contributed by atoms with Crippen molar-refractivity contribution in [2.45, 2.75) is 32.7 Å². The topological polar surface area (TPSA) is 35.2 Å². The summed E-state index contributed by atoms with van der Waals surface area (Å²) < 4.78 is 19.3. The zero-order chi connectivity index (χ0) is 14.8. The van der Waals surface area contributed by atoms with Crippen LogP contribution in [0.4, 0.5) is 4.39 Å². The molecule has 0 fully saturated rings. The van der Waals surface area contributed by atoms with Crippen LogP contribution < -0.4 is 10.5 Å². The van der Waals surface area contributed by atoms with Gasteiger partial charge in [0.25, 0.3) is 0 Å². The number of benzene rings is 2. The molecule has 0 amide bonds. The third-order valence-electron chi connectivity index (χ3n) is 3.23. The molecule has 0 spiro atoms. The Kier molecular flexibility index (Phi) is 4.09. The van der Waals surface area contributed by atoms with Crippen molar-refractivity contribution in [2.24, 2.45) is 5.73 Å². The van der Waals surface area contributed by atoms with Crippen molar-refractivity contribution in [1.82, 2.24) is 0 Å². The first kappa shape index (κ1) is 14.5. The Morgan fingerprint density at radius 1 is 1.05 bits per heavy atom. The van der Waals surface area contributed by atoms with Gasteiger partial charge in [-0.15, -0.1) is 0 Å². The van der Waals surface area contributed by atoms with Crippen LogP contribution in [0.15, 0.2) is 42.5 Å². The fraction of sp³-hybridized carbons (Fsp3) is 0.294. The van der Waals surface area contributed by atoms with Crippen LogP contribution in [0, 0.1) is 5.82 Å². The normalized spacial score (nSPS) is 11.4. The van der Waals surface area contributed by atoms with Crippen molar-refractivity contribution < 1.29 is 9.13 Å². The van der Waals surface area contributed by atoms with E-state index in [2.05, 4.69) is 20.8 Å². The quantitative estimate of drug-likeness (QED) is 0.901. The first-order chi connectivity index (χ1) is 9.41. The van der Waals surface area contributed by atoms with Crippen molar-refractivity contribution >= 4 is 0 Å². The minimum absolute atomic E-state index is 0.0970. The molecular weight excluding hydrogens is 253 g/mol. The monoisotopic (exact) mass is 273 g/mol. The van der Waals surface area contributed by atoms with Crippen molar-refractivity contribution in [3.8, 4) is 11.5 Å². The molecule has 0 aliphatic heterocycles. The fourth-order valence-electron chi connectivity index (χ4n) is 1.98. The molecule has 0 aliphatic rings. The van der Waals surface area contributed by atoms with Gasteiger partial charge < -0.3 is 10.5 Å². The minimum atomic E-state index is -0.337. The van der Waals surface area contributed by atoms with Gasteiger partial charge >= 0.3 is 0 Å². The molecule has 0 bridgehead atoms. The molecule has 2 rings (SSSR count). The van der Waals surface area contributed by atoms with E-state index in [1.165, 1.54) is 11.6 Å². The molecule has 2 aromatic rings. The van der Waals surface area contributed by atoms with Gasteiger partial charge in [0.15, 0.2) is 0 Å². The Labute approximate surface area is 119 Å². The van der Waals surface area contributed by atoms with Crippen LogP contribution in [0.5, 0.6) is 11.5 Å². The molecule has 0 saturated heterocycles. The highest BCUT2D eigenvalue weighted by Crippen LogP contribution is 2.29. The third-order valence-corrected chi connectivity index (χ3v) is 3.23. The SMILES string of the molecule is CC(C)(C)c1ccc(Oc2cccc(F)c2CN)cc1. The maximum absolute atomic E-state index is 13.6. The van der Waals surface area contributed by atoms with Gasteiger partial charge in [0, 0.05) is 12.1 Å². The fourth-order valence-corrected chi connectivity index (χ4v) is 1.98. The second-order valence-electron chi connectivity index (χ2n) is 5.80. The summed E-state index contributed by atoms with van der Waals surface area (Å²) in [4.78, 5) is 0. The maximum atomic E-state index is 13.6. The molecule has 0 aliphatic carbocycles. The summed E-state index contributed by atoms with van der Waals surface area (Å²) in [7, 11) is 0. The number of halogens is 1. The smallest absolute Gasteiger partial charge is 0.134 e. The zero-order valence-corrected chi connectivity index (χ0v) is 12.1. The van der Waals surface area contributed by atoms with Crippen LogP contribution in [-0.4, -0.2) is 0 Å². The van der Waals surface area contributed by atoms with Gasteiger partial charge in [-0.3, -0.25) is 0 Å². The highest BCUT2D eigenvalue weighted by atomic mass is 19.1. The predicted molar refractivity (Wildman–Crippen MR) is 79.5 cm³/mol. The van der Waals surface area contributed by atoms with E-state index >= 15 is 0 Å². The number of rotatable bonds is 3. The molecular formula is C17H20FNO. The summed E-state index contributed by atoms with van der Waals surface area (Å²) in [6, 6.07) is 12.6. The number of hydrogen-bond acceptors (Lipinski definition) is 2. The summed E-state index contributed by atoms with van der Waals surface area (Å²) in [6.07, 6.45) is 0. The van der Waals surface area contributed by atoms with Gasteiger partial charge in [-0.1, -0.05) is 39.0 Å². The Bertz CT molecular complexity index is 585. The molecule has 0 aromatic heterocycles. The molecule has 106 valence electrons. The van der Waals surface area contributed by atoms with Gasteiger partial charge in [0.2, 0.25) is 0 Å². The third kappa shape index (κ3) is 3.17. The Hall–Kier alpha value is -1.87. The van der Waals surface area contributed by atoms with Crippen LogP contribution in [0.3, 0.4) is 0 Å². The number of nitrogens with two attached hydrogens (primary N) is 1. The summed E-state index contributed by atoms with van der Waals surface area (Å²) in [6.45, 7) is 6.58. The summed E-state index contributed by atoms with van der Waals surface area (Å²) in [5.41, 5.74) is 7.28. The molecule has 0 radical (unpaired) electrons. The highest BCUT2D eigenvalue weighted by Gasteiger charge is 2.14. The summed E-state index contributed by atoms with van der Waals surface area (Å²) in [5.74, 6) is 0.811. The van der Waals surface area contributed by atoms with Crippen molar-refractivity contribution in [3.05, 3.63) is 59.4 Å². The maximum Gasteiger partial charge on any atom is 0.134 e. The molecule has 2 aromatic carbocycles. The number of hydrogen-bond donors (Lipinski definition) is 1. The van der Waals surface area contributed by atoms with Crippen molar-refractivity contribution in [3.63, 3.8) is 0 Å². The summed E-state index contributed by atoms with van der Waals surface area (Å²) in [5, 5.41) is 0. The average Bonchev–Trinajstić information content (AvgIpc) is 2.38. The van der Waals surface area contributed by atoms with E-state index in [1.54, 1.807) is 12.1 Å². The molecule has 3 heteroatoms. The van der Waals surface area contributed by atoms with E-state index < -0.39 is 0 Å². The van der Waals surface area contributed by atoms with E-state index in [4.69, 9.17) is 10.5 Å². The highest BCUT2D eigenvalue weighted by molar-refractivity contribution is 5.40. The number of ether oxygens (including phenoxy) is 1. The summed E-state index contributed by atoms with van der Waals surface area (Å²) >= 11 is 0. The van der Waals surface area contributed by atoms with Crippen LogP contribution in [0.1, 0.15) is 31.9 Å². The van der Waals surface area contributed by atoms with Crippen LogP contribution in [0.2, 0.25) is 0 Å². The molecule has 0 saturated carbocycles. The van der Waals surface area contributed by atoms with Gasteiger partial charge in [-0.05, 0) is 35.2 Å². The Morgan fingerprint density at radius 3 is 2.25 bits per heavy atom. The molecule has 20 heavy (non-hydrogen) atoms. The van der Waals surface area contributed by atoms with Crippen molar-refractivity contribution in [1.29, 1.82) is 0 Å². The lowest BCUT2D eigenvalue weighted by atomic mass is 9.87. The standard InChI is InChI=1S/C17H20FNO/c1-17(2,3)12-7-9-13(10-8-12)20-16-6-4-5-15(18)14(16)11-19/h4-10H,11,19H2,1-3H3. The molecule has 0 atom stereocenters. The van der Waals surface area contributed by atoms with E-state index in [0.29, 0.717) is 17.1 Å². The van der Waals surface area contributed by atoms with Crippen LogP contribution >= 0.6 is 0 Å². The zero-order valence-electron chi connectivity index (χ0n) is 12.1. The van der Waals surface area contributed by atoms with E-state index in [9.17, 15) is 4.39 Å². The average molecular weight is 273 g/mol. The van der Waals surface area contributed by atoms with Crippen LogP contribution in [0.25, 0.3) is 0 Å². The van der Waals surface area contributed by atoms with Gasteiger partial charge in [-0.2, -0.15) is 0 Å². The van der Waals surface area contributed by atoms with Gasteiger partial charge in [0.1, 0.15) is 17.3 Å². The van der Waals surface area contributed by atoms with Gasteiger partial charge in [0.05, 0.1) is 0 Å². The lowest BCUT2D eigenvalue weighted by molar-refractivity contribution is 0.466. The van der Waals surface area contributed by atoms with E-state index in [-0.39, 0.29) is 17.8 Å². The molecule has 2 N–H and O–H groups in total. The van der Waals surface area contributed by atoms with E-state index in [0.717, 1.165) is 0 Å². The van der Waals surface area contributed by atoms with Crippen LogP contribution in [-0.2, 0) is 12.0 Å². The lowest BCUT2D eigenvalue weighted by Gasteiger charge is -2.19. The Morgan fingerprint density at radius 2 is 1.70 bits per heavy atom. The van der Waals surface area contributed by atoms with Crippen molar-refractivity contribution in [2.75, 3.05) is 0 Å². The lowest BCUT2D eigenvalue weighted by Crippen LogP contribution is -2.10. The van der Waals surface area contributed by atoms with Gasteiger partial charge in [-0.25, -0.2) is 4.39 Å². The Balaban J connectivity index is 2.25. The first-order valence-corrected chi connectivity index (χ1v) is 6.67. The minimum Gasteiger partial charge on any atom is -0.457 e. The first-order valence-electron chi connectivity index (χ1n) is 6.67. The molecule has 0 heterocycles. The van der Waals surface area contributed by atoms with E-state index in [1.807, 2.05) is 24.3 Å². The molecule has 0 unspecified atom stereocenters. The second-order valence-corrected chi connectivity index (χ2v) is 5.80.